The van der Waals surface area contributed by atoms with E-state index in [-0.39, 0.29) is 5.91 Å². The second-order valence-electron chi connectivity index (χ2n) is 4.05. The Labute approximate surface area is 115 Å². The van der Waals surface area contributed by atoms with Crippen molar-refractivity contribution < 1.29 is 4.79 Å². The van der Waals surface area contributed by atoms with Gasteiger partial charge in [-0.15, -0.1) is 0 Å². The number of nitrogens with one attached hydrogen (secondary N) is 1. The van der Waals surface area contributed by atoms with Gasteiger partial charge in [0.25, 0.3) is 0 Å². The molecule has 0 heterocycles. The smallest absolute Gasteiger partial charge is 0.224 e. The number of hydrogen-bond donors (Lipinski definition) is 2. The van der Waals surface area contributed by atoms with Gasteiger partial charge in [0, 0.05) is 10.9 Å². The maximum atomic E-state index is 11.7. The highest BCUT2D eigenvalue weighted by Gasteiger charge is 2.08. The van der Waals surface area contributed by atoms with Crippen molar-refractivity contribution in [2.45, 2.75) is 19.8 Å². The van der Waals surface area contributed by atoms with Gasteiger partial charge in [0.1, 0.15) is 0 Å². The molecule has 0 fully saturated rings. The number of carbonyl (C=O) groups excluding carboxylic acids is 1. The summed E-state index contributed by atoms with van der Waals surface area (Å²) in [6, 6.07) is 5.35. The maximum Gasteiger partial charge on any atom is 0.224 e. The van der Waals surface area contributed by atoms with Crippen molar-refractivity contribution in [2.75, 3.05) is 11.9 Å². The Kier molecular flexibility index (Phi) is 5.95. The third-order valence-electron chi connectivity index (χ3n) is 2.47. The van der Waals surface area contributed by atoms with Crippen LogP contribution in [0.15, 0.2) is 22.7 Å². The number of halogens is 2. The molecular formula is C12H16BrClN2O. The largest absolute Gasteiger partial charge is 0.330 e. The average Bonchev–Trinajstić information content (AvgIpc) is 2.30. The van der Waals surface area contributed by atoms with Crippen molar-refractivity contribution in [3.05, 3.63) is 27.7 Å². The Bertz CT molecular complexity index is 398. The highest BCUT2D eigenvalue weighted by atomic mass is 79.9. The molecule has 0 bridgehead atoms. The van der Waals surface area contributed by atoms with Crippen LogP contribution in [0.25, 0.3) is 0 Å². The lowest BCUT2D eigenvalue weighted by atomic mass is 10.1. The van der Waals surface area contributed by atoms with Crippen LogP contribution in [-0.4, -0.2) is 12.5 Å². The van der Waals surface area contributed by atoms with Crippen molar-refractivity contribution in [1.29, 1.82) is 0 Å². The van der Waals surface area contributed by atoms with Gasteiger partial charge in [0.15, 0.2) is 0 Å². The summed E-state index contributed by atoms with van der Waals surface area (Å²) in [5.41, 5.74) is 6.13. The summed E-state index contributed by atoms with van der Waals surface area (Å²) in [6.45, 7) is 2.63. The van der Waals surface area contributed by atoms with Crippen LogP contribution in [0.2, 0.25) is 5.02 Å². The Hall–Kier alpha value is -0.580. The topological polar surface area (TPSA) is 55.1 Å². The molecule has 0 aliphatic carbocycles. The van der Waals surface area contributed by atoms with Gasteiger partial charge < -0.3 is 11.1 Å². The van der Waals surface area contributed by atoms with Crippen LogP contribution in [0.1, 0.15) is 19.8 Å². The highest BCUT2D eigenvalue weighted by molar-refractivity contribution is 9.10. The average molecular weight is 320 g/mol. The van der Waals surface area contributed by atoms with E-state index in [0.29, 0.717) is 29.6 Å². The summed E-state index contributed by atoms with van der Waals surface area (Å²) in [4.78, 5) is 11.7. The van der Waals surface area contributed by atoms with E-state index in [4.69, 9.17) is 17.3 Å². The van der Waals surface area contributed by atoms with Gasteiger partial charge in [-0.3, -0.25) is 4.79 Å². The first-order valence-corrected chi connectivity index (χ1v) is 6.65. The molecule has 0 saturated heterocycles. The fourth-order valence-corrected chi connectivity index (χ4v) is 1.83. The van der Waals surface area contributed by atoms with Crippen molar-refractivity contribution in [2.24, 2.45) is 11.7 Å². The SMILES string of the molecule is CC(CN)CCC(=O)Nc1cc(Br)ccc1Cl. The van der Waals surface area contributed by atoms with Crippen molar-refractivity contribution >= 4 is 39.1 Å². The monoisotopic (exact) mass is 318 g/mol. The molecule has 1 rings (SSSR count). The standard InChI is InChI=1S/C12H16BrClN2O/c1-8(7-15)2-5-12(17)16-11-6-9(13)3-4-10(11)14/h3-4,6,8H,2,5,7,15H2,1H3,(H,16,17). The molecule has 1 aromatic carbocycles. The second-order valence-corrected chi connectivity index (χ2v) is 5.37. The minimum Gasteiger partial charge on any atom is -0.330 e. The first-order chi connectivity index (χ1) is 8.02. The quantitative estimate of drug-likeness (QED) is 0.873. The van der Waals surface area contributed by atoms with E-state index in [1.807, 2.05) is 13.0 Å². The lowest BCUT2D eigenvalue weighted by Gasteiger charge is -2.10. The molecule has 3 N–H and O–H groups in total. The number of anilines is 1. The number of hydrogen-bond acceptors (Lipinski definition) is 2. The van der Waals surface area contributed by atoms with Crippen molar-refractivity contribution in [3.63, 3.8) is 0 Å². The number of benzene rings is 1. The van der Waals surface area contributed by atoms with Crippen LogP contribution in [0, 0.1) is 5.92 Å². The Morgan fingerprint density at radius 3 is 2.94 bits per heavy atom. The zero-order valence-electron chi connectivity index (χ0n) is 9.67. The number of nitrogens with two attached hydrogens (primary N) is 1. The predicted molar refractivity (Wildman–Crippen MR) is 75.2 cm³/mol. The molecule has 0 aromatic heterocycles. The molecule has 3 nitrogen and oxygen atoms in total. The molecule has 1 atom stereocenters. The highest BCUT2D eigenvalue weighted by Crippen LogP contribution is 2.25. The van der Waals surface area contributed by atoms with Crippen LogP contribution in [0.5, 0.6) is 0 Å². The normalized spacial score (nSPS) is 12.2. The molecule has 0 spiro atoms. The number of rotatable bonds is 5. The van der Waals surface area contributed by atoms with E-state index < -0.39 is 0 Å². The summed E-state index contributed by atoms with van der Waals surface area (Å²) >= 11 is 9.31. The lowest BCUT2D eigenvalue weighted by molar-refractivity contribution is -0.116. The van der Waals surface area contributed by atoms with Gasteiger partial charge in [0.05, 0.1) is 10.7 Å². The number of carbonyl (C=O) groups is 1. The molecule has 1 amide bonds. The van der Waals surface area contributed by atoms with Gasteiger partial charge in [0.2, 0.25) is 5.91 Å². The molecule has 0 aliphatic rings. The minimum absolute atomic E-state index is 0.0368. The zero-order chi connectivity index (χ0) is 12.8. The van der Waals surface area contributed by atoms with Gasteiger partial charge in [-0.05, 0) is 37.1 Å². The summed E-state index contributed by atoms with van der Waals surface area (Å²) in [7, 11) is 0. The molecular weight excluding hydrogens is 304 g/mol. The van der Waals surface area contributed by atoms with Crippen LogP contribution in [0.4, 0.5) is 5.69 Å². The molecule has 0 aliphatic heterocycles. The summed E-state index contributed by atoms with van der Waals surface area (Å²) in [5, 5.41) is 3.32. The third kappa shape index (κ3) is 5.06. The summed E-state index contributed by atoms with van der Waals surface area (Å²) < 4.78 is 0.882. The maximum absolute atomic E-state index is 11.7. The van der Waals surface area contributed by atoms with Gasteiger partial charge >= 0.3 is 0 Å². The third-order valence-corrected chi connectivity index (χ3v) is 3.29. The van der Waals surface area contributed by atoms with E-state index in [2.05, 4.69) is 21.2 Å². The summed E-state index contributed by atoms with van der Waals surface area (Å²) in [5.74, 6) is 0.323. The first kappa shape index (κ1) is 14.5. The molecule has 5 heteroatoms. The van der Waals surface area contributed by atoms with E-state index >= 15 is 0 Å². The molecule has 0 radical (unpaired) electrons. The number of amides is 1. The lowest BCUT2D eigenvalue weighted by Crippen LogP contribution is -2.16. The Morgan fingerprint density at radius 1 is 1.59 bits per heavy atom. The van der Waals surface area contributed by atoms with Crippen molar-refractivity contribution in [3.8, 4) is 0 Å². The summed E-state index contributed by atoms with van der Waals surface area (Å²) in [6.07, 6.45) is 1.25. The van der Waals surface area contributed by atoms with Crippen molar-refractivity contribution in [1.82, 2.24) is 0 Å². The predicted octanol–water partition coefficient (Wildman–Crippen LogP) is 3.42. The van der Waals surface area contributed by atoms with Crippen LogP contribution in [-0.2, 0) is 4.79 Å². The minimum atomic E-state index is -0.0368. The fourth-order valence-electron chi connectivity index (χ4n) is 1.30. The molecule has 94 valence electrons. The Balaban J connectivity index is 2.53. The second kappa shape index (κ2) is 6.99. The van der Waals surface area contributed by atoms with E-state index in [0.717, 1.165) is 10.9 Å². The molecule has 17 heavy (non-hydrogen) atoms. The first-order valence-electron chi connectivity index (χ1n) is 5.48. The van der Waals surface area contributed by atoms with Gasteiger partial charge in [-0.25, -0.2) is 0 Å². The van der Waals surface area contributed by atoms with E-state index in [1.54, 1.807) is 12.1 Å². The van der Waals surface area contributed by atoms with Crippen LogP contribution < -0.4 is 11.1 Å². The zero-order valence-corrected chi connectivity index (χ0v) is 12.0. The van der Waals surface area contributed by atoms with Gasteiger partial charge in [-0.1, -0.05) is 34.5 Å². The fraction of sp³-hybridized carbons (Fsp3) is 0.417. The van der Waals surface area contributed by atoms with E-state index in [9.17, 15) is 4.79 Å². The van der Waals surface area contributed by atoms with Gasteiger partial charge in [-0.2, -0.15) is 0 Å². The van der Waals surface area contributed by atoms with Crippen LogP contribution >= 0.6 is 27.5 Å². The van der Waals surface area contributed by atoms with Crippen LogP contribution in [0.3, 0.4) is 0 Å². The molecule has 1 aromatic rings. The molecule has 1 unspecified atom stereocenters. The molecule has 0 saturated carbocycles. The Morgan fingerprint density at radius 2 is 2.29 bits per heavy atom. The van der Waals surface area contributed by atoms with E-state index in [1.165, 1.54) is 0 Å².